The Morgan fingerprint density at radius 2 is 1.83 bits per heavy atom. The van der Waals surface area contributed by atoms with E-state index < -0.39 is 0 Å². The van der Waals surface area contributed by atoms with Gasteiger partial charge in [-0.2, -0.15) is 4.57 Å². The van der Waals surface area contributed by atoms with Gasteiger partial charge in [-0.05, 0) is 32.3 Å². The zero-order valence-corrected chi connectivity index (χ0v) is 12.5. The van der Waals surface area contributed by atoms with E-state index in [1.54, 1.807) is 0 Å². The molecule has 0 aliphatic heterocycles. The maximum atomic E-state index is 5.72. The Balaban J connectivity index is 2.40. The van der Waals surface area contributed by atoms with Crippen LogP contribution in [0.15, 0.2) is 12.4 Å². The Labute approximate surface area is 112 Å². The van der Waals surface area contributed by atoms with E-state index in [0.717, 1.165) is 13.0 Å². The fraction of sp³-hybridized carbons (Fsp3) is 0.688. The molecule has 0 amide bonds. The summed E-state index contributed by atoms with van der Waals surface area (Å²) in [6.45, 7) is 10.4. The lowest BCUT2D eigenvalue weighted by atomic mass is 10.1. The van der Waals surface area contributed by atoms with Crippen molar-refractivity contribution in [3.63, 3.8) is 0 Å². The van der Waals surface area contributed by atoms with E-state index in [9.17, 15) is 0 Å². The number of hydrogen-bond acceptors (Lipinski definition) is 1. The van der Waals surface area contributed by atoms with Gasteiger partial charge < -0.3 is 4.74 Å². The Morgan fingerprint density at radius 1 is 1.06 bits per heavy atom. The summed E-state index contributed by atoms with van der Waals surface area (Å²) in [6, 6.07) is 0. The van der Waals surface area contributed by atoms with Crippen molar-refractivity contribution < 1.29 is 9.30 Å². The van der Waals surface area contributed by atoms with Crippen molar-refractivity contribution in [2.75, 3.05) is 6.61 Å². The average molecular weight is 250 g/mol. The molecule has 0 spiro atoms. The van der Waals surface area contributed by atoms with Crippen molar-refractivity contribution in [2.24, 2.45) is 0 Å². The fourth-order valence-electron chi connectivity index (χ4n) is 2.16. The normalized spacial score (nSPS) is 10.9. The van der Waals surface area contributed by atoms with E-state index in [1.807, 2.05) is 0 Å². The molecule has 0 unspecified atom stereocenters. The fourth-order valence-corrected chi connectivity index (χ4v) is 2.16. The van der Waals surface area contributed by atoms with Crippen molar-refractivity contribution in [3.05, 3.63) is 29.1 Å². The van der Waals surface area contributed by atoms with Gasteiger partial charge in [0, 0.05) is 11.1 Å². The van der Waals surface area contributed by atoms with Gasteiger partial charge in [0.15, 0.2) is 12.4 Å². The van der Waals surface area contributed by atoms with Gasteiger partial charge in [0.1, 0.15) is 0 Å². The number of aromatic nitrogens is 1. The van der Waals surface area contributed by atoms with Crippen LogP contribution in [0.3, 0.4) is 0 Å². The van der Waals surface area contributed by atoms with E-state index in [4.69, 9.17) is 4.74 Å². The number of aryl methyl sites for hydroxylation is 2. The summed E-state index contributed by atoms with van der Waals surface area (Å²) in [5.74, 6) is 0. The van der Waals surface area contributed by atoms with Gasteiger partial charge in [-0.3, -0.25) is 0 Å². The van der Waals surface area contributed by atoms with Crippen LogP contribution >= 0.6 is 0 Å². The largest absolute Gasteiger partial charge is 0.323 e. The minimum Gasteiger partial charge on any atom is -0.323 e. The van der Waals surface area contributed by atoms with E-state index in [2.05, 4.69) is 44.7 Å². The topological polar surface area (TPSA) is 13.1 Å². The summed E-state index contributed by atoms with van der Waals surface area (Å²) in [5, 5.41) is 0. The maximum absolute atomic E-state index is 5.72. The molecule has 2 heteroatoms. The second kappa shape index (κ2) is 8.25. The van der Waals surface area contributed by atoms with Gasteiger partial charge in [-0.15, -0.1) is 0 Å². The lowest BCUT2D eigenvalue weighted by molar-refractivity contribution is -0.733. The lowest BCUT2D eigenvalue weighted by Gasteiger charge is -2.06. The molecule has 2 nitrogen and oxygen atoms in total. The molecule has 1 rings (SSSR count). The maximum Gasteiger partial charge on any atom is 0.252 e. The molecule has 0 saturated carbocycles. The Hall–Kier alpha value is -0.890. The standard InChI is InChI=1S/C16H28NO/c1-5-7-8-9-10-18-13-17-11-14(3)15(4)16(6-2)12-17/h11-12H,5-10,13H2,1-4H3/q+1. The quantitative estimate of drug-likeness (QED) is 0.506. The van der Waals surface area contributed by atoms with Crippen LogP contribution < -0.4 is 4.57 Å². The third-order valence-corrected chi connectivity index (χ3v) is 3.52. The van der Waals surface area contributed by atoms with Crippen LogP contribution in [0.1, 0.15) is 56.2 Å². The van der Waals surface area contributed by atoms with Gasteiger partial charge in [-0.25, -0.2) is 0 Å². The number of unbranched alkanes of at least 4 members (excludes halogenated alkanes) is 3. The first-order chi connectivity index (χ1) is 8.69. The first kappa shape index (κ1) is 15.2. The van der Waals surface area contributed by atoms with E-state index in [-0.39, 0.29) is 0 Å². The minimum absolute atomic E-state index is 0.681. The van der Waals surface area contributed by atoms with E-state index in [1.165, 1.54) is 42.4 Å². The molecular weight excluding hydrogens is 222 g/mol. The summed E-state index contributed by atoms with van der Waals surface area (Å²) in [5.41, 5.74) is 4.19. The van der Waals surface area contributed by atoms with Crippen molar-refractivity contribution in [1.82, 2.24) is 0 Å². The monoisotopic (exact) mass is 250 g/mol. The molecule has 0 fully saturated rings. The summed E-state index contributed by atoms with van der Waals surface area (Å²) in [7, 11) is 0. The first-order valence-electron chi connectivity index (χ1n) is 7.26. The molecule has 0 radical (unpaired) electrons. The Kier molecular flexibility index (Phi) is 6.96. The highest BCUT2D eigenvalue weighted by atomic mass is 16.5. The highest BCUT2D eigenvalue weighted by molar-refractivity contribution is 5.26. The molecule has 102 valence electrons. The average Bonchev–Trinajstić information content (AvgIpc) is 2.37. The van der Waals surface area contributed by atoms with Gasteiger partial charge in [0.05, 0.1) is 6.61 Å². The van der Waals surface area contributed by atoms with Crippen molar-refractivity contribution >= 4 is 0 Å². The summed E-state index contributed by atoms with van der Waals surface area (Å²) in [6.07, 6.45) is 10.6. The van der Waals surface area contributed by atoms with E-state index in [0.29, 0.717) is 6.73 Å². The number of rotatable bonds is 8. The van der Waals surface area contributed by atoms with Crippen LogP contribution in [-0.4, -0.2) is 6.61 Å². The molecule has 0 N–H and O–H groups in total. The predicted octanol–water partition coefficient (Wildman–Crippen LogP) is 3.71. The first-order valence-corrected chi connectivity index (χ1v) is 7.26. The van der Waals surface area contributed by atoms with Crippen LogP contribution in [0.5, 0.6) is 0 Å². The summed E-state index contributed by atoms with van der Waals surface area (Å²) in [4.78, 5) is 0. The molecule has 1 aromatic rings. The van der Waals surface area contributed by atoms with Crippen LogP contribution in [0, 0.1) is 13.8 Å². The molecule has 0 bridgehead atoms. The SMILES string of the molecule is CCCCCCOC[n+]1cc(C)c(C)c(CC)c1. The number of pyridine rings is 1. The molecule has 0 aliphatic carbocycles. The van der Waals surface area contributed by atoms with Gasteiger partial charge in [-0.1, -0.05) is 33.1 Å². The smallest absolute Gasteiger partial charge is 0.252 e. The van der Waals surface area contributed by atoms with Crippen molar-refractivity contribution in [3.8, 4) is 0 Å². The number of hydrogen-bond donors (Lipinski definition) is 0. The zero-order chi connectivity index (χ0) is 13.4. The van der Waals surface area contributed by atoms with Crippen molar-refractivity contribution in [2.45, 2.75) is 66.5 Å². The van der Waals surface area contributed by atoms with Gasteiger partial charge in [0.2, 0.25) is 0 Å². The third-order valence-electron chi connectivity index (χ3n) is 3.52. The van der Waals surface area contributed by atoms with Gasteiger partial charge in [0.25, 0.3) is 6.73 Å². The molecule has 0 atom stereocenters. The van der Waals surface area contributed by atoms with Crippen LogP contribution in [0.2, 0.25) is 0 Å². The molecular formula is C16H28NO+. The minimum atomic E-state index is 0.681. The molecule has 1 aromatic heterocycles. The second-order valence-corrected chi connectivity index (χ2v) is 5.06. The molecule has 1 heterocycles. The van der Waals surface area contributed by atoms with Crippen LogP contribution in [-0.2, 0) is 17.9 Å². The Morgan fingerprint density at radius 3 is 2.50 bits per heavy atom. The third kappa shape index (κ3) is 4.77. The van der Waals surface area contributed by atoms with Crippen LogP contribution in [0.4, 0.5) is 0 Å². The number of ether oxygens (including phenoxy) is 1. The lowest BCUT2D eigenvalue weighted by Crippen LogP contribution is -2.36. The molecule has 0 aliphatic rings. The Bertz CT molecular complexity index is 360. The highest BCUT2D eigenvalue weighted by Crippen LogP contribution is 2.10. The molecule has 0 saturated heterocycles. The van der Waals surface area contributed by atoms with Crippen molar-refractivity contribution in [1.29, 1.82) is 0 Å². The highest BCUT2D eigenvalue weighted by Gasteiger charge is 2.08. The van der Waals surface area contributed by atoms with E-state index >= 15 is 0 Å². The predicted molar refractivity (Wildman–Crippen MR) is 75.6 cm³/mol. The second-order valence-electron chi connectivity index (χ2n) is 5.06. The van der Waals surface area contributed by atoms with Crippen LogP contribution in [0.25, 0.3) is 0 Å². The molecule has 0 aromatic carbocycles. The zero-order valence-electron chi connectivity index (χ0n) is 12.5. The summed E-state index contributed by atoms with van der Waals surface area (Å²) < 4.78 is 7.89. The number of nitrogens with zero attached hydrogens (tertiary/aromatic N) is 1. The summed E-state index contributed by atoms with van der Waals surface area (Å²) >= 11 is 0. The van der Waals surface area contributed by atoms with Gasteiger partial charge >= 0.3 is 0 Å². The molecule has 18 heavy (non-hydrogen) atoms.